The molecule has 0 spiro atoms. The summed E-state index contributed by atoms with van der Waals surface area (Å²) in [7, 11) is 0. The van der Waals surface area contributed by atoms with Crippen molar-refractivity contribution in [1.29, 1.82) is 0 Å². The number of hydrogen-bond acceptors (Lipinski definition) is 1. The fraction of sp³-hybridized carbons (Fsp3) is 0.143. The zero-order valence-corrected chi connectivity index (χ0v) is 13.6. The molecule has 0 aromatic heterocycles. The van der Waals surface area contributed by atoms with Crippen LogP contribution in [0.2, 0.25) is 15.1 Å². The number of halogens is 4. The van der Waals surface area contributed by atoms with Crippen molar-refractivity contribution in [1.82, 2.24) is 0 Å². The molecule has 2 aromatic rings. The molecule has 1 atom stereocenters. The fourth-order valence-electron chi connectivity index (χ4n) is 1.56. The molecule has 1 nitrogen and oxygen atoms in total. The zero-order chi connectivity index (χ0) is 13.8. The van der Waals surface area contributed by atoms with E-state index in [2.05, 4.69) is 15.9 Å². The third-order valence-corrected chi connectivity index (χ3v) is 3.82. The molecule has 2 aromatic carbocycles. The minimum Gasteiger partial charge on any atom is -0.479 e. The van der Waals surface area contributed by atoms with Crippen molar-refractivity contribution in [3.8, 4) is 5.75 Å². The van der Waals surface area contributed by atoms with Gasteiger partial charge in [-0.05, 0) is 57.9 Å². The molecule has 0 bridgehead atoms. The van der Waals surface area contributed by atoms with Gasteiger partial charge in [-0.1, -0.05) is 40.9 Å². The van der Waals surface area contributed by atoms with Crippen LogP contribution in [0.5, 0.6) is 5.75 Å². The van der Waals surface area contributed by atoms with Gasteiger partial charge in [0.2, 0.25) is 0 Å². The molecule has 0 aliphatic rings. The topological polar surface area (TPSA) is 9.23 Å². The molecule has 0 radical (unpaired) electrons. The van der Waals surface area contributed by atoms with Crippen LogP contribution in [0.3, 0.4) is 0 Å². The zero-order valence-electron chi connectivity index (χ0n) is 9.75. The first-order chi connectivity index (χ1) is 9.04. The van der Waals surface area contributed by atoms with E-state index in [1.807, 2.05) is 24.3 Å². The van der Waals surface area contributed by atoms with E-state index < -0.39 is 0 Å². The standard InChI is InChI=1S/C14H10BrCl3O/c15-14(19-12-5-3-10(16)4-6-12)7-9-1-2-11(17)8-13(9)18/h1-6,8,14H,7H2. The Morgan fingerprint density at radius 1 is 0.947 bits per heavy atom. The second kappa shape index (κ2) is 6.85. The van der Waals surface area contributed by atoms with Gasteiger partial charge in [0, 0.05) is 21.5 Å². The van der Waals surface area contributed by atoms with Crippen LogP contribution in [0.15, 0.2) is 42.5 Å². The molecular formula is C14H10BrCl3O. The van der Waals surface area contributed by atoms with Gasteiger partial charge in [-0.25, -0.2) is 0 Å². The number of rotatable bonds is 4. The molecule has 0 heterocycles. The molecule has 2 rings (SSSR count). The van der Waals surface area contributed by atoms with Crippen molar-refractivity contribution >= 4 is 50.7 Å². The maximum Gasteiger partial charge on any atom is 0.157 e. The quantitative estimate of drug-likeness (QED) is 0.592. The highest BCUT2D eigenvalue weighted by molar-refractivity contribution is 9.09. The van der Waals surface area contributed by atoms with Gasteiger partial charge in [0.05, 0.1) is 0 Å². The normalized spacial score (nSPS) is 12.2. The first-order valence-corrected chi connectivity index (χ1v) is 7.60. The SMILES string of the molecule is Clc1ccc(OC(Br)Cc2ccc(Cl)cc2Cl)cc1. The summed E-state index contributed by atoms with van der Waals surface area (Å²) < 4.78 is 5.72. The first-order valence-electron chi connectivity index (χ1n) is 5.55. The molecule has 5 heteroatoms. The second-order valence-corrected chi connectivity index (χ2v) is 6.22. The Labute approximate surface area is 135 Å². The lowest BCUT2D eigenvalue weighted by atomic mass is 10.1. The van der Waals surface area contributed by atoms with E-state index in [0.717, 1.165) is 11.3 Å². The van der Waals surface area contributed by atoms with Crippen LogP contribution in [-0.2, 0) is 6.42 Å². The molecule has 0 amide bonds. The van der Waals surface area contributed by atoms with Crippen molar-refractivity contribution in [2.45, 2.75) is 11.4 Å². The Morgan fingerprint density at radius 2 is 1.58 bits per heavy atom. The van der Waals surface area contributed by atoms with Crippen LogP contribution in [0, 0.1) is 0 Å². The Kier molecular flexibility index (Phi) is 5.40. The van der Waals surface area contributed by atoms with Crippen LogP contribution in [0.4, 0.5) is 0 Å². The number of hydrogen-bond donors (Lipinski definition) is 0. The Bertz CT molecular complexity index is 557. The van der Waals surface area contributed by atoms with Gasteiger partial charge < -0.3 is 4.74 Å². The predicted octanol–water partition coefficient (Wildman–Crippen LogP) is 5.99. The van der Waals surface area contributed by atoms with Crippen molar-refractivity contribution in [2.24, 2.45) is 0 Å². The van der Waals surface area contributed by atoms with E-state index in [0.29, 0.717) is 21.5 Å². The van der Waals surface area contributed by atoms with Gasteiger partial charge in [0.1, 0.15) is 5.75 Å². The van der Waals surface area contributed by atoms with E-state index in [1.165, 1.54) is 0 Å². The van der Waals surface area contributed by atoms with Crippen molar-refractivity contribution < 1.29 is 4.74 Å². The Balaban J connectivity index is 2.01. The average Bonchev–Trinajstić information content (AvgIpc) is 2.36. The van der Waals surface area contributed by atoms with Crippen LogP contribution >= 0.6 is 50.7 Å². The van der Waals surface area contributed by atoms with Gasteiger partial charge in [-0.2, -0.15) is 0 Å². The number of alkyl halides is 1. The monoisotopic (exact) mass is 378 g/mol. The van der Waals surface area contributed by atoms with Crippen LogP contribution in [-0.4, -0.2) is 5.01 Å². The molecule has 19 heavy (non-hydrogen) atoms. The average molecular weight is 380 g/mol. The number of benzene rings is 2. The molecule has 100 valence electrons. The first kappa shape index (κ1) is 15.0. The molecular weight excluding hydrogens is 370 g/mol. The summed E-state index contributed by atoms with van der Waals surface area (Å²) in [6.07, 6.45) is 0.638. The minimum absolute atomic E-state index is 0.174. The second-order valence-electron chi connectivity index (χ2n) is 3.92. The maximum atomic E-state index is 6.12. The van der Waals surface area contributed by atoms with Gasteiger partial charge in [-0.15, -0.1) is 0 Å². The summed E-state index contributed by atoms with van der Waals surface area (Å²) in [5.41, 5.74) is 0.974. The minimum atomic E-state index is -0.174. The lowest BCUT2D eigenvalue weighted by Gasteiger charge is -2.14. The molecule has 0 fully saturated rings. The highest BCUT2D eigenvalue weighted by Crippen LogP contribution is 2.25. The maximum absolute atomic E-state index is 6.12. The van der Waals surface area contributed by atoms with Gasteiger partial charge in [-0.3, -0.25) is 0 Å². The Hall–Kier alpha value is -0.410. The van der Waals surface area contributed by atoms with Crippen LogP contribution < -0.4 is 4.74 Å². The van der Waals surface area contributed by atoms with E-state index in [1.54, 1.807) is 18.2 Å². The van der Waals surface area contributed by atoms with E-state index in [-0.39, 0.29) is 5.01 Å². The Morgan fingerprint density at radius 3 is 2.21 bits per heavy atom. The van der Waals surface area contributed by atoms with Gasteiger partial charge in [0.25, 0.3) is 0 Å². The largest absolute Gasteiger partial charge is 0.479 e. The summed E-state index contributed by atoms with van der Waals surface area (Å²) in [4.78, 5) is 0. The smallest absolute Gasteiger partial charge is 0.157 e. The third-order valence-electron chi connectivity index (χ3n) is 2.47. The number of ether oxygens (including phenoxy) is 1. The molecule has 0 aliphatic heterocycles. The lowest BCUT2D eigenvalue weighted by molar-refractivity contribution is 0.295. The highest BCUT2D eigenvalue weighted by Gasteiger charge is 2.10. The predicted molar refractivity (Wildman–Crippen MR) is 85.0 cm³/mol. The summed E-state index contributed by atoms with van der Waals surface area (Å²) in [5, 5.41) is 1.77. The van der Waals surface area contributed by atoms with Crippen molar-refractivity contribution in [2.75, 3.05) is 0 Å². The highest BCUT2D eigenvalue weighted by atomic mass is 79.9. The van der Waals surface area contributed by atoms with Crippen molar-refractivity contribution in [3.05, 3.63) is 63.1 Å². The third kappa shape index (κ3) is 4.57. The lowest BCUT2D eigenvalue weighted by Crippen LogP contribution is -2.11. The van der Waals surface area contributed by atoms with Gasteiger partial charge >= 0.3 is 0 Å². The van der Waals surface area contributed by atoms with Gasteiger partial charge in [0.15, 0.2) is 5.01 Å². The molecule has 0 saturated carbocycles. The van der Waals surface area contributed by atoms with Crippen LogP contribution in [0.25, 0.3) is 0 Å². The van der Waals surface area contributed by atoms with E-state index in [9.17, 15) is 0 Å². The van der Waals surface area contributed by atoms with E-state index >= 15 is 0 Å². The summed E-state index contributed by atoms with van der Waals surface area (Å²) in [6, 6.07) is 12.6. The molecule has 1 unspecified atom stereocenters. The fourth-order valence-corrected chi connectivity index (χ4v) is 2.74. The van der Waals surface area contributed by atoms with E-state index in [4.69, 9.17) is 39.5 Å². The molecule has 0 saturated heterocycles. The molecule has 0 aliphatic carbocycles. The molecule has 0 N–H and O–H groups in total. The van der Waals surface area contributed by atoms with Crippen molar-refractivity contribution in [3.63, 3.8) is 0 Å². The van der Waals surface area contributed by atoms with Crippen LogP contribution in [0.1, 0.15) is 5.56 Å². The summed E-state index contributed by atoms with van der Waals surface area (Å²) in [5.74, 6) is 0.747. The summed E-state index contributed by atoms with van der Waals surface area (Å²) in [6.45, 7) is 0. The summed E-state index contributed by atoms with van der Waals surface area (Å²) >= 11 is 21.3.